The minimum Gasteiger partial charge on any atom is -0.460 e. The summed E-state index contributed by atoms with van der Waals surface area (Å²) in [5.74, 6) is 0.550. The highest BCUT2D eigenvalue weighted by Gasteiger charge is 2.72. The monoisotopic (exact) mass is 342 g/mol. The first-order valence-corrected chi connectivity index (χ1v) is 9.80. The summed E-state index contributed by atoms with van der Waals surface area (Å²) < 4.78 is 5.93. The number of esters is 1. The molecular weight excluding hydrogens is 308 g/mol. The summed E-state index contributed by atoms with van der Waals surface area (Å²) in [6, 6.07) is 4.37. The van der Waals surface area contributed by atoms with Crippen LogP contribution in [0, 0.1) is 23.2 Å². The summed E-state index contributed by atoms with van der Waals surface area (Å²) in [5.41, 5.74) is 5.13. The van der Waals surface area contributed by atoms with Crippen molar-refractivity contribution in [2.75, 3.05) is 0 Å². The van der Waals surface area contributed by atoms with Gasteiger partial charge in [0, 0.05) is 0 Å². The van der Waals surface area contributed by atoms with Gasteiger partial charge in [-0.05, 0) is 71.6 Å². The third-order valence-electron chi connectivity index (χ3n) is 6.96. The molecule has 3 rings (SSSR count). The maximum atomic E-state index is 13.1. The molecule has 0 bridgehead atoms. The second-order valence-corrected chi connectivity index (χ2v) is 10.0. The van der Waals surface area contributed by atoms with E-state index in [0.717, 1.165) is 12.8 Å². The first-order valence-electron chi connectivity index (χ1n) is 9.80. The Bertz CT molecular complexity index is 693. The molecule has 0 aliphatic heterocycles. The van der Waals surface area contributed by atoms with Crippen LogP contribution in [-0.4, -0.2) is 5.97 Å². The summed E-state index contributed by atoms with van der Waals surface area (Å²) in [6.07, 6.45) is 4.58. The number of carbonyl (C=O) groups is 1. The molecule has 1 saturated carbocycles. The van der Waals surface area contributed by atoms with Crippen molar-refractivity contribution in [1.82, 2.24) is 0 Å². The van der Waals surface area contributed by atoms with E-state index in [0.29, 0.717) is 12.5 Å². The smallest absolute Gasteiger partial charge is 0.313 e. The molecule has 1 aromatic carbocycles. The Hall–Kier alpha value is -1.31. The number of rotatable bonds is 3. The van der Waals surface area contributed by atoms with Crippen LogP contribution in [0.15, 0.2) is 12.1 Å². The molecule has 0 amide bonds. The van der Waals surface area contributed by atoms with Crippen LogP contribution in [0.4, 0.5) is 0 Å². The molecule has 2 aliphatic rings. The van der Waals surface area contributed by atoms with Crippen LogP contribution in [0.1, 0.15) is 89.0 Å². The van der Waals surface area contributed by atoms with Gasteiger partial charge >= 0.3 is 5.97 Å². The van der Waals surface area contributed by atoms with Crippen molar-refractivity contribution in [2.45, 2.75) is 86.7 Å². The van der Waals surface area contributed by atoms with Crippen LogP contribution in [-0.2, 0) is 22.6 Å². The zero-order chi connectivity index (χ0) is 18.6. The van der Waals surface area contributed by atoms with Crippen molar-refractivity contribution < 1.29 is 9.53 Å². The van der Waals surface area contributed by atoms with E-state index in [4.69, 9.17) is 4.74 Å². The van der Waals surface area contributed by atoms with E-state index >= 15 is 0 Å². The first-order chi connectivity index (χ1) is 11.5. The Balaban J connectivity index is 1.82. The lowest BCUT2D eigenvalue weighted by molar-refractivity contribution is -0.158. The Morgan fingerprint density at radius 3 is 2.48 bits per heavy atom. The highest BCUT2D eigenvalue weighted by molar-refractivity contribution is 5.83. The Morgan fingerprint density at radius 1 is 1.28 bits per heavy atom. The lowest BCUT2D eigenvalue weighted by atomic mass is 9.73. The van der Waals surface area contributed by atoms with Crippen molar-refractivity contribution in [3.8, 4) is 0 Å². The van der Waals surface area contributed by atoms with E-state index in [9.17, 15) is 4.79 Å². The minimum absolute atomic E-state index is 0.0113. The van der Waals surface area contributed by atoms with E-state index in [1.54, 1.807) is 0 Å². The van der Waals surface area contributed by atoms with E-state index < -0.39 is 0 Å². The van der Waals surface area contributed by atoms with Crippen LogP contribution in [0.25, 0.3) is 0 Å². The summed E-state index contributed by atoms with van der Waals surface area (Å²) in [6.45, 7) is 15.8. The maximum absolute atomic E-state index is 13.1. The van der Waals surface area contributed by atoms with Gasteiger partial charge in [0.25, 0.3) is 0 Å². The SMILES string of the molecule is Cc1ccc(COC(=O)C2(C(C)(C)C)CC2(C)C)c2c1CCCC2C. The molecular formula is C23H34O2. The summed E-state index contributed by atoms with van der Waals surface area (Å²) in [7, 11) is 0. The Kier molecular flexibility index (Phi) is 4.33. The van der Waals surface area contributed by atoms with Crippen molar-refractivity contribution in [3.05, 3.63) is 34.4 Å². The quantitative estimate of drug-likeness (QED) is 0.635. The maximum Gasteiger partial charge on any atom is 0.313 e. The fraction of sp³-hybridized carbons (Fsp3) is 0.696. The van der Waals surface area contributed by atoms with Gasteiger partial charge in [-0.2, -0.15) is 0 Å². The van der Waals surface area contributed by atoms with Gasteiger partial charge in [0.15, 0.2) is 0 Å². The predicted molar refractivity (Wildman–Crippen MR) is 103 cm³/mol. The molecule has 2 nitrogen and oxygen atoms in total. The normalized spacial score (nSPS) is 27.6. The molecule has 0 spiro atoms. The number of benzene rings is 1. The van der Waals surface area contributed by atoms with Crippen molar-refractivity contribution in [2.24, 2.45) is 16.2 Å². The van der Waals surface area contributed by atoms with E-state index in [1.807, 2.05) is 0 Å². The minimum atomic E-state index is -0.351. The van der Waals surface area contributed by atoms with Crippen LogP contribution in [0.5, 0.6) is 0 Å². The van der Waals surface area contributed by atoms with E-state index in [-0.39, 0.29) is 22.2 Å². The number of hydrogen-bond acceptors (Lipinski definition) is 2. The molecule has 2 aliphatic carbocycles. The Morgan fingerprint density at radius 2 is 1.92 bits per heavy atom. The van der Waals surface area contributed by atoms with E-state index in [2.05, 4.69) is 60.6 Å². The lowest BCUT2D eigenvalue weighted by Gasteiger charge is -2.33. The molecule has 25 heavy (non-hydrogen) atoms. The third-order valence-corrected chi connectivity index (χ3v) is 6.96. The van der Waals surface area contributed by atoms with Gasteiger partial charge in [-0.15, -0.1) is 0 Å². The molecule has 0 heterocycles. The van der Waals surface area contributed by atoms with Crippen LogP contribution >= 0.6 is 0 Å². The molecule has 0 aromatic heterocycles. The number of fused-ring (bicyclic) bond motifs is 1. The lowest BCUT2D eigenvalue weighted by Crippen LogP contribution is -2.36. The van der Waals surface area contributed by atoms with Gasteiger partial charge < -0.3 is 4.74 Å². The average molecular weight is 343 g/mol. The molecule has 1 aromatic rings. The second-order valence-electron chi connectivity index (χ2n) is 10.0. The molecule has 138 valence electrons. The molecule has 2 unspecified atom stereocenters. The zero-order valence-electron chi connectivity index (χ0n) is 17.1. The van der Waals surface area contributed by atoms with Gasteiger partial charge in [-0.1, -0.05) is 53.7 Å². The van der Waals surface area contributed by atoms with Crippen LogP contribution in [0.3, 0.4) is 0 Å². The molecule has 0 N–H and O–H groups in total. The van der Waals surface area contributed by atoms with E-state index in [1.165, 1.54) is 35.1 Å². The summed E-state index contributed by atoms with van der Waals surface area (Å²) in [4.78, 5) is 13.1. The largest absolute Gasteiger partial charge is 0.460 e. The number of ether oxygens (including phenoxy) is 1. The van der Waals surface area contributed by atoms with Gasteiger partial charge in [0.1, 0.15) is 6.61 Å². The summed E-state index contributed by atoms with van der Waals surface area (Å²) in [5, 5.41) is 0. The second kappa shape index (κ2) is 5.86. The molecule has 1 fully saturated rings. The van der Waals surface area contributed by atoms with Crippen LogP contribution < -0.4 is 0 Å². The molecule has 0 saturated heterocycles. The molecule has 0 radical (unpaired) electrons. The number of carbonyl (C=O) groups excluding carboxylic acids is 1. The number of aryl methyl sites for hydroxylation is 1. The topological polar surface area (TPSA) is 26.3 Å². The highest BCUT2D eigenvalue weighted by atomic mass is 16.5. The van der Waals surface area contributed by atoms with Crippen LogP contribution in [0.2, 0.25) is 0 Å². The summed E-state index contributed by atoms with van der Waals surface area (Å²) >= 11 is 0. The third kappa shape index (κ3) is 2.82. The predicted octanol–water partition coefficient (Wildman–Crippen LogP) is 5.94. The standard InChI is InChI=1S/C23H34O2/c1-15-11-12-17(19-16(2)9-8-10-18(15)19)13-25-20(24)23(21(3,4)5)14-22(23,6)7/h11-12,16H,8-10,13-14H2,1-7H3. The fourth-order valence-corrected chi connectivity index (χ4v) is 5.44. The zero-order valence-corrected chi connectivity index (χ0v) is 17.1. The average Bonchev–Trinajstić information content (AvgIpc) is 3.11. The van der Waals surface area contributed by atoms with Gasteiger partial charge in [0.05, 0.1) is 5.41 Å². The van der Waals surface area contributed by atoms with Gasteiger partial charge in [-0.25, -0.2) is 0 Å². The van der Waals surface area contributed by atoms with Gasteiger partial charge in [0.2, 0.25) is 0 Å². The highest BCUT2D eigenvalue weighted by Crippen LogP contribution is 2.72. The molecule has 2 atom stereocenters. The first kappa shape index (κ1) is 18.5. The van der Waals surface area contributed by atoms with Crippen molar-refractivity contribution in [1.29, 1.82) is 0 Å². The Labute approximate surface area is 153 Å². The van der Waals surface area contributed by atoms with Crippen molar-refractivity contribution in [3.63, 3.8) is 0 Å². The molecule has 2 heteroatoms. The van der Waals surface area contributed by atoms with Crippen molar-refractivity contribution >= 4 is 5.97 Å². The fourth-order valence-electron chi connectivity index (χ4n) is 5.44. The van der Waals surface area contributed by atoms with Gasteiger partial charge in [-0.3, -0.25) is 4.79 Å². The number of hydrogen-bond donors (Lipinski definition) is 0.